The number of carbonyl (C=O) groups is 1. The second-order valence-corrected chi connectivity index (χ2v) is 6.99. The van der Waals surface area contributed by atoms with E-state index in [0.717, 1.165) is 12.8 Å². The molecule has 0 saturated heterocycles. The maximum absolute atomic E-state index is 12.3. The van der Waals surface area contributed by atoms with E-state index in [1.165, 1.54) is 0 Å². The van der Waals surface area contributed by atoms with E-state index in [0.29, 0.717) is 6.42 Å². The summed E-state index contributed by atoms with van der Waals surface area (Å²) in [4.78, 5) is 12.3. The Balaban J connectivity index is 2.53. The summed E-state index contributed by atoms with van der Waals surface area (Å²) in [5, 5.41) is 19.4. The first-order chi connectivity index (χ1) is 8.12. The van der Waals surface area contributed by atoms with E-state index in [9.17, 15) is 9.90 Å². The molecule has 3 heteroatoms. The Morgan fingerprint density at radius 1 is 1.39 bits per heavy atom. The largest absolute Gasteiger partial charge is 0.390 e. The molecule has 0 spiro atoms. The van der Waals surface area contributed by atoms with Crippen molar-refractivity contribution in [2.45, 2.75) is 52.6 Å². The van der Waals surface area contributed by atoms with Gasteiger partial charge in [-0.15, -0.1) is 0 Å². The molecule has 2 rings (SSSR count). The predicted octanol–water partition coefficient (Wildman–Crippen LogP) is 2.60. The minimum atomic E-state index is -0.696. The fourth-order valence-electron chi connectivity index (χ4n) is 4.14. The molecule has 2 aliphatic rings. The summed E-state index contributed by atoms with van der Waals surface area (Å²) in [6, 6.07) is 2.02. The maximum atomic E-state index is 12.3. The zero-order valence-electron chi connectivity index (χ0n) is 11.6. The van der Waals surface area contributed by atoms with Gasteiger partial charge in [-0.1, -0.05) is 26.8 Å². The Labute approximate surface area is 108 Å². The SMILES string of the molecule is CC1(C)C(=O)C(C#N)=C[C@@]2(C)C[C@](C)(O)CC[C@@H]12. The average Bonchev–Trinajstić information content (AvgIpc) is 2.21. The smallest absolute Gasteiger partial charge is 0.178 e. The van der Waals surface area contributed by atoms with Gasteiger partial charge >= 0.3 is 0 Å². The van der Waals surface area contributed by atoms with Crippen molar-refractivity contribution in [1.29, 1.82) is 5.26 Å². The molecule has 0 unspecified atom stereocenters. The van der Waals surface area contributed by atoms with Gasteiger partial charge in [0.05, 0.1) is 11.2 Å². The molecular formula is C15H21NO2. The summed E-state index contributed by atoms with van der Waals surface area (Å²) in [7, 11) is 0. The van der Waals surface area contributed by atoms with Gasteiger partial charge in [0.1, 0.15) is 6.07 Å². The van der Waals surface area contributed by atoms with E-state index in [4.69, 9.17) is 5.26 Å². The summed E-state index contributed by atoms with van der Waals surface area (Å²) in [5.74, 6) is 0.156. The number of nitriles is 1. The first kappa shape index (κ1) is 13.3. The van der Waals surface area contributed by atoms with Crippen molar-refractivity contribution < 1.29 is 9.90 Å². The first-order valence-electron chi connectivity index (χ1n) is 6.52. The minimum absolute atomic E-state index is 0.0472. The number of ketones is 1. The van der Waals surface area contributed by atoms with Crippen LogP contribution in [0.25, 0.3) is 0 Å². The molecule has 0 aliphatic heterocycles. The van der Waals surface area contributed by atoms with Crippen molar-refractivity contribution in [3.8, 4) is 6.07 Å². The number of Topliss-reactive ketones (excluding diaryl/α,β-unsaturated/α-hetero) is 1. The van der Waals surface area contributed by atoms with Gasteiger partial charge < -0.3 is 5.11 Å². The predicted molar refractivity (Wildman–Crippen MR) is 68.6 cm³/mol. The third kappa shape index (κ3) is 1.80. The molecule has 0 aromatic rings. The number of rotatable bonds is 0. The van der Waals surface area contributed by atoms with Crippen LogP contribution in [0.5, 0.6) is 0 Å². The molecule has 1 saturated carbocycles. The lowest BCUT2D eigenvalue weighted by atomic mass is 9.50. The number of carbonyl (C=O) groups excluding carboxylic acids is 1. The number of aliphatic hydroxyl groups is 1. The van der Waals surface area contributed by atoms with Crippen molar-refractivity contribution in [1.82, 2.24) is 0 Å². The van der Waals surface area contributed by atoms with Crippen molar-refractivity contribution >= 4 is 5.78 Å². The number of allylic oxidation sites excluding steroid dienone is 2. The van der Waals surface area contributed by atoms with E-state index in [1.54, 1.807) is 6.08 Å². The van der Waals surface area contributed by atoms with E-state index in [2.05, 4.69) is 6.92 Å². The van der Waals surface area contributed by atoms with Crippen molar-refractivity contribution in [2.24, 2.45) is 16.7 Å². The van der Waals surface area contributed by atoms with Crippen molar-refractivity contribution in [3.63, 3.8) is 0 Å². The average molecular weight is 247 g/mol. The van der Waals surface area contributed by atoms with Crippen LogP contribution < -0.4 is 0 Å². The summed E-state index contributed by atoms with van der Waals surface area (Å²) >= 11 is 0. The molecule has 3 nitrogen and oxygen atoms in total. The molecule has 0 amide bonds. The van der Waals surface area contributed by atoms with Gasteiger partial charge in [0, 0.05) is 5.41 Å². The van der Waals surface area contributed by atoms with Crippen LogP contribution in [0.4, 0.5) is 0 Å². The lowest BCUT2D eigenvalue weighted by molar-refractivity contribution is -0.136. The molecule has 3 atom stereocenters. The van der Waals surface area contributed by atoms with E-state index in [1.807, 2.05) is 26.8 Å². The second-order valence-electron chi connectivity index (χ2n) is 6.99. The highest BCUT2D eigenvalue weighted by Gasteiger charge is 2.55. The molecule has 1 fully saturated rings. The zero-order valence-corrected chi connectivity index (χ0v) is 11.6. The second kappa shape index (κ2) is 3.68. The van der Waals surface area contributed by atoms with Gasteiger partial charge in [0.25, 0.3) is 0 Å². The number of hydrogen-bond donors (Lipinski definition) is 1. The number of fused-ring (bicyclic) bond motifs is 1. The summed E-state index contributed by atoms with van der Waals surface area (Å²) in [6.07, 6.45) is 3.97. The molecule has 2 aliphatic carbocycles. The molecule has 18 heavy (non-hydrogen) atoms. The number of nitrogens with zero attached hydrogens (tertiary/aromatic N) is 1. The molecular weight excluding hydrogens is 226 g/mol. The molecule has 98 valence electrons. The Morgan fingerprint density at radius 3 is 2.56 bits per heavy atom. The Bertz CT molecular complexity index is 467. The normalized spacial score (nSPS) is 42.8. The Morgan fingerprint density at radius 2 is 2.00 bits per heavy atom. The van der Waals surface area contributed by atoms with Crippen LogP contribution in [-0.2, 0) is 4.79 Å². The summed E-state index contributed by atoms with van der Waals surface area (Å²) in [5.41, 5.74) is -1.20. The van der Waals surface area contributed by atoms with E-state index in [-0.39, 0.29) is 22.7 Å². The zero-order chi connectivity index (χ0) is 13.8. The Kier molecular flexibility index (Phi) is 2.72. The Hall–Kier alpha value is -1.14. The van der Waals surface area contributed by atoms with Gasteiger partial charge in [0.15, 0.2) is 5.78 Å². The highest BCUT2D eigenvalue weighted by molar-refractivity contribution is 6.04. The highest BCUT2D eigenvalue weighted by atomic mass is 16.3. The fraction of sp³-hybridized carbons (Fsp3) is 0.733. The van der Waals surface area contributed by atoms with Gasteiger partial charge in [-0.3, -0.25) is 4.79 Å². The number of hydrogen-bond acceptors (Lipinski definition) is 3. The van der Waals surface area contributed by atoms with Crippen LogP contribution >= 0.6 is 0 Å². The molecule has 0 radical (unpaired) electrons. The molecule has 0 aromatic heterocycles. The molecule has 0 aromatic carbocycles. The van der Waals surface area contributed by atoms with Gasteiger partial charge in [0.2, 0.25) is 0 Å². The third-order valence-corrected chi connectivity index (χ3v) is 4.82. The lowest BCUT2D eigenvalue weighted by Crippen LogP contribution is -2.52. The van der Waals surface area contributed by atoms with E-state index >= 15 is 0 Å². The van der Waals surface area contributed by atoms with Crippen LogP contribution in [0.3, 0.4) is 0 Å². The van der Waals surface area contributed by atoms with Gasteiger partial charge in [-0.05, 0) is 37.5 Å². The van der Waals surface area contributed by atoms with Crippen molar-refractivity contribution in [2.75, 3.05) is 0 Å². The standard InChI is InChI=1S/C15H21NO2/c1-13(2)11-5-6-15(4,18)9-14(11,3)7-10(8-16)12(13)17/h7,11,18H,5-6,9H2,1-4H3/t11-,14-,15+/m0/s1. The van der Waals surface area contributed by atoms with E-state index < -0.39 is 11.0 Å². The summed E-state index contributed by atoms with van der Waals surface area (Å²) in [6.45, 7) is 7.78. The fourth-order valence-corrected chi connectivity index (χ4v) is 4.14. The molecule has 0 heterocycles. The maximum Gasteiger partial charge on any atom is 0.178 e. The first-order valence-corrected chi connectivity index (χ1v) is 6.52. The van der Waals surface area contributed by atoms with Gasteiger partial charge in [-0.25, -0.2) is 0 Å². The monoisotopic (exact) mass is 247 g/mol. The highest BCUT2D eigenvalue weighted by Crippen LogP contribution is 2.56. The van der Waals surface area contributed by atoms with Gasteiger partial charge in [-0.2, -0.15) is 5.26 Å². The van der Waals surface area contributed by atoms with Crippen LogP contribution in [-0.4, -0.2) is 16.5 Å². The van der Waals surface area contributed by atoms with Crippen LogP contribution in [0, 0.1) is 28.1 Å². The minimum Gasteiger partial charge on any atom is -0.390 e. The topological polar surface area (TPSA) is 61.1 Å². The molecule has 0 bridgehead atoms. The van der Waals surface area contributed by atoms with Crippen LogP contribution in [0.2, 0.25) is 0 Å². The molecule has 1 N–H and O–H groups in total. The quantitative estimate of drug-likeness (QED) is 0.715. The van der Waals surface area contributed by atoms with Crippen LogP contribution in [0.15, 0.2) is 11.6 Å². The van der Waals surface area contributed by atoms with Crippen molar-refractivity contribution in [3.05, 3.63) is 11.6 Å². The van der Waals surface area contributed by atoms with Crippen LogP contribution in [0.1, 0.15) is 47.0 Å². The lowest BCUT2D eigenvalue weighted by Gasteiger charge is -2.53. The third-order valence-electron chi connectivity index (χ3n) is 4.82. The summed E-state index contributed by atoms with van der Waals surface area (Å²) < 4.78 is 0.